The maximum Gasteiger partial charge on any atom is 0.254 e. The number of phenols is 1. The Morgan fingerprint density at radius 2 is 2.28 bits per heavy atom. The van der Waals surface area contributed by atoms with Gasteiger partial charge in [-0.3, -0.25) is 4.79 Å². The van der Waals surface area contributed by atoms with E-state index in [1.54, 1.807) is 6.92 Å². The summed E-state index contributed by atoms with van der Waals surface area (Å²) in [7, 11) is 0. The molecule has 98 valence electrons. The Hall–Kier alpha value is -2.31. The molecule has 1 aromatic carbocycles. The first kappa shape index (κ1) is 13.8. The highest BCUT2D eigenvalue weighted by atomic mass is 19.1. The van der Waals surface area contributed by atoms with Gasteiger partial charge in [-0.05, 0) is 12.1 Å². The van der Waals surface area contributed by atoms with Crippen molar-refractivity contribution in [2.45, 2.75) is 6.92 Å². The smallest absolute Gasteiger partial charge is 0.254 e. The Balaban J connectivity index is 2.66. The first-order chi connectivity index (χ1) is 8.45. The second-order valence-electron chi connectivity index (χ2n) is 3.80. The van der Waals surface area contributed by atoms with Gasteiger partial charge in [0.05, 0.1) is 5.56 Å². The standard InChI is InChI=1S/C11H14FN3O3/c1-6(10(13)15-18)5-14-11(17)8-3-2-7(16)4-9(8)12/h2-4,6,16,18H,5H2,1H3,(H2,13,15)(H,14,17). The van der Waals surface area contributed by atoms with E-state index >= 15 is 0 Å². The number of halogens is 1. The lowest BCUT2D eigenvalue weighted by Gasteiger charge is -2.11. The third kappa shape index (κ3) is 3.34. The summed E-state index contributed by atoms with van der Waals surface area (Å²) in [4.78, 5) is 11.6. The van der Waals surface area contributed by atoms with E-state index in [0.29, 0.717) is 0 Å². The van der Waals surface area contributed by atoms with E-state index in [-0.39, 0.29) is 29.6 Å². The predicted molar refractivity (Wildman–Crippen MR) is 63.0 cm³/mol. The highest BCUT2D eigenvalue weighted by molar-refractivity contribution is 5.95. The van der Waals surface area contributed by atoms with Crippen LogP contribution in [0.25, 0.3) is 0 Å². The van der Waals surface area contributed by atoms with Crippen molar-refractivity contribution in [1.82, 2.24) is 5.32 Å². The first-order valence-electron chi connectivity index (χ1n) is 5.19. The summed E-state index contributed by atoms with van der Waals surface area (Å²) in [5.41, 5.74) is 5.15. The molecule has 1 aromatic rings. The number of hydrogen-bond donors (Lipinski definition) is 4. The second kappa shape index (κ2) is 5.85. The van der Waals surface area contributed by atoms with E-state index in [9.17, 15) is 9.18 Å². The average molecular weight is 255 g/mol. The number of benzene rings is 1. The molecule has 0 aliphatic carbocycles. The number of hydrogen-bond acceptors (Lipinski definition) is 4. The van der Waals surface area contributed by atoms with Crippen LogP contribution >= 0.6 is 0 Å². The Morgan fingerprint density at radius 3 is 2.83 bits per heavy atom. The van der Waals surface area contributed by atoms with E-state index in [2.05, 4.69) is 10.5 Å². The molecule has 1 atom stereocenters. The molecule has 0 radical (unpaired) electrons. The largest absolute Gasteiger partial charge is 0.508 e. The van der Waals surface area contributed by atoms with Crippen molar-refractivity contribution in [2.24, 2.45) is 16.8 Å². The summed E-state index contributed by atoms with van der Waals surface area (Å²) in [6, 6.07) is 3.24. The molecule has 0 aromatic heterocycles. The van der Waals surface area contributed by atoms with Gasteiger partial charge in [-0.1, -0.05) is 12.1 Å². The van der Waals surface area contributed by atoms with Crippen molar-refractivity contribution in [2.75, 3.05) is 6.54 Å². The fourth-order valence-corrected chi connectivity index (χ4v) is 1.23. The SMILES string of the molecule is CC(CNC(=O)c1ccc(O)cc1F)/C(N)=N/O. The molecule has 1 amide bonds. The maximum atomic E-state index is 13.3. The number of amides is 1. The van der Waals surface area contributed by atoms with Gasteiger partial charge in [0.25, 0.3) is 5.91 Å². The Morgan fingerprint density at radius 1 is 1.61 bits per heavy atom. The molecule has 7 heteroatoms. The van der Waals surface area contributed by atoms with Crippen LogP contribution in [0.2, 0.25) is 0 Å². The number of carbonyl (C=O) groups excluding carboxylic acids is 1. The quantitative estimate of drug-likeness (QED) is 0.274. The average Bonchev–Trinajstić information content (AvgIpc) is 2.34. The molecule has 18 heavy (non-hydrogen) atoms. The molecule has 0 heterocycles. The summed E-state index contributed by atoms with van der Waals surface area (Å²) in [5, 5.41) is 22.7. The summed E-state index contributed by atoms with van der Waals surface area (Å²) in [6.45, 7) is 1.75. The Bertz CT molecular complexity index is 477. The van der Waals surface area contributed by atoms with Crippen molar-refractivity contribution in [3.8, 4) is 5.75 Å². The molecular formula is C11H14FN3O3. The fraction of sp³-hybridized carbons (Fsp3) is 0.273. The minimum absolute atomic E-state index is 0.0264. The van der Waals surface area contributed by atoms with Crippen LogP contribution in [0.1, 0.15) is 17.3 Å². The molecule has 6 nitrogen and oxygen atoms in total. The van der Waals surface area contributed by atoms with Gasteiger partial charge in [0.2, 0.25) is 0 Å². The van der Waals surface area contributed by atoms with Gasteiger partial charge in [0.1, 0.15) is 17.4 Å². The molecule has 0 saturated carbocycles. The van der Waals surface area contributed by atoms with Gasteiger partial charge in [-0.25, -0.2) is 4.39 Å². The number of phenolic OH excluding ortho intramolecular Hbond substituents is 1. The molecule has 0 bridgehead atoms. The molecule has 0 aliphatic heterocycles. The molecule has 0 saturated heterocycles. The van der Waals surface area contributed by atoms with Crippen LogP contribution in [0.15, 0.2) is 23.4 Å². The van der Waals surface area contributed by atoms with Crippen LogP contribution in [0.3, 0.4) is 0 Å². The molecule has 0 aliphatic rings. The molecule has 5 N–H and O–H groups in total. The number of nitrogens with two attached hydrogens (primary N) is 1. The lowest BCUT2D eigenvalue weighted by molar-refractivity contribution is 0.0947. The van der Waals surface area contributed by atoms with Crippen LogP contribution in [0.5, 0.6) is 5.75 Å². The lowest BCUT2D eigenvalue weighted by atomic mass is 10.1. The Labute approximate surface area is 103 Å². The highest BCUT2D eigenvalue weighted by Crippen LogP contribution is 2.14. The van der Waals surface area contributed by atoms with Crippen molar-refractivity contribution in [3.63, 3.8) is 0 Å². The molecule has 0 fully saturated rings. The van der Waals surface area contributed by atoms with Gasteiger partial charge < -0.3 is 21.4 Å². The van der Waals surface area contributed by atoms with Crippen molar-refractivity contribution in [1.29, 1.82) is 0 Å². The number of oxime groups is 1. The predicted octanol–water partition coefficient (Wildman–Crippen LogP) is 0.644. The van der Waals surface area contributed by atoms with Crippen LogP contribution in [-0.2, 0) is 0 Å². The van der Waals surface area contributed by atoms with Gasteiger partial charge in [-0.15, -0.1) is 0 Å². The fourth-order valence-electron chi connectivity index (χ4n) is 1.23. The minimum Gasteiger partial charge on any atom is -0.508 e. The van der Waals surface area contributed by atoms with E-state index in [0.717, 1.165) is 6.07 Å². The zero-order chi connectivity index (χ0) is 13.7. The topological polar surface area (TPSA) is 108 Å². The summed E-state index contributed by atoms with van der Waals surface area (Å²) in [6.07, 6.45) is 0. The number of carbonyl (C=O) groups is 1. The van der Waals surface area contributed by atoms with Crippen molar-refractivity contribution < 1.29 is 19.5 Å². The van der Waals surface area contributed by atoms with Gasteiger partial charge in [0, 0.05) is 18.5 Å². The maximum absolute atomic E-state index is 13.3. The van der Waals surface area contributed by atoms with Gasteiger partial charge in [0.15, 0.2) is 0 Å². The van der Waals surface area contributed by atoms with E-state index in [1.807, 2.05) is 0 Å². The molecule has 1 rings (SSSR count). The molecular weight excluding hydrogens is 241 g/mol. The van der Waals surface area contributed by atoms with Gasteiger partial charge in [-0.2, -0.15) is 0 Å². The van der Waals surface area contributed by atoms with E-state index in [4.69, 9.17) is 16.0 Å². The van der Waals surface area contributed by atoms with Crippen LogP contribution in [0.4, 0.5) is 4.39 Å². The highest BCUT2D eigenvalue weighted by Gasteiger charge is 2.14. The monoisotopic (exact) mass is 255 g/mol. The summed E-state index contributed by atoms with van der Waals surface area (Å²) >= 11 is 0. The zero-order valence-corrected chi connectivity index (χ0v) is 9.72. The van der Waals surface area contributed by atoms with Crippen LogP contribution in [0, 0.1) is 11.7 Å². The van der Waals surface area contributed by atoms with Crippen LogP contribution in [-0.4, -0.2) is 28.6 Å². The third-order valence-electron chi connectivity index (χ3n) is 2.39. The normalized spacial score (nSPS) is 13.1. The van der Waals surface area contributed by atoms with Gasteiger partial charge >= 0.3 is 0 Å². The zero-order valence-electron chi connectivity index (χ0n) is 9.72. The van der Waals surface area contributed by atoms with Crippen molar-refractivity contribution >= 4 is 11.7 Å². The third-order valence-corrected chi connectivity index (χ3v) is 2.39. The molecule has 0 spiro atoms. The Kier molecular flexibility index (Phi) is 4.47. The number of aromatic hydroxyl groups is 1. The lowest BCUT2D eigenvalue weighted by Crippen LogP contribution is -2.35. The van der Waals surface area contributed by atoms with E-state index < -0.39 is 11.7 Å². The number of nitrogens with zero attached hydrogens (tertiary/aromatic N) is 1. The van der Waals surface area contributed by atoms with Crippen LogP contribution < -0.4 is 11.1 Å². The summed E-state index contributed by atoms with van der Waals surface area (Å²) in [5.74, 6) is -2.11. The van der Waals surface area contributed by atoms with E-state index in [1.165, 1.54) is 12.1 Å². The minimum atomic E-state index is -0.816. The first-order valence-corrected chi connectivity index (χ1v) is 5.19. The summed E-state index contributed by atoms with van der Waals surface area (Å²) < 4.78 is 13.3. The number of nitrogens with one attached hydrogen (secondary N) is 1. The van der Waals surface area contributed by atoms with Crippen molar-refractivity contribution in [3.05, 3.63) is 29.6 Å². The number of rotatable bonds is 4. The number of amidine groups is 1. The second-order valence-corrected chi connectivity index (χ2v) is 3.80. The molecule has 1 unspecified atom stereocenters.